The van der Waals surface area contributed by atoms with E-state index in [-0.39, 0.29) is 23.7 Å². The van der Waals surface area contributed by atoms with E-state index in [1.54, 1.807) is 9.80 Å². The summed E-state index contributed by atoms with van der Waals surface area (Å²) in [6.07, 6.45) is 1.38. The number of aliphatic hydroxyl groups excluding tert-OH is 1. The fourth-order valence-electron chi connectivity index (χ4n) is 3.70. The molecule has 0 bridgehead atoms. The third-order valence-electron chi connectivity index (χ3n) is 5.79. The zero-order valence-electron chi connectivity index (χ0n) is 15.4. The Morgan fingerprint density at radius 2 is 1.92 bits per heavy atom. The molecule has 2 amide bonds. The minimum absolute atomic E-state index is 0.0762. The monoisotopic (exact) mass is 344 g/mol. The summed E-state index contributed by atoms with van der Waals surface area (Å²) >= 11 is 0. The summed E-state index contributed by atoms with van der Waals surface area (Å²) in [7, 11) is 0. The van der Waals surface area contributed by atoms with Crippen LogP contribution in [0.15, 0.2) is 18.2 Å². The van der Waals surface area contributed by atoms with Crippen LogP contribution in [0.1, 0.15) is 37.3 Å². The molecule has 2 aliphatic rings. The molecule has 2 aliphatic heterocycles. The first-order valence-corrected chi connectivity index (χ1v) is 9.21. The van der Waals surface area contributed by atoms with Crippen LogP contribution in [-0.2, 0) is 9.59 Å². The molecular weight excluding hydrogens is 316 g/mol. The van der Waals surface area contributed by atoms with Gasteiger partial charge in [-0.3, -0.25) is 9.59 Å². The van der Waals surface area contributed by atoms with E-state index in [1.807, 2.05) is 39.0 Å². The third kappa shape index (κ3) is 3.71. The Bertz CT molecular complexity index is 673. The van der Waals surface area contributed by atoms with Gasteiger partial charge in [-0.2, -0.15) is 0 Å². The lowest BCUT2D eigenvalue weighted by Crippen LogP contribution is -2.51. The Hall–Kier alpha value is -1.88. The summed E-state index contributed by atoms with van der Waals surface area (Å²) in [6, 6.07) is 6.00. The molecule has 3 unspecified atom stereocenters. The molecule has 5 nitrogen and oxygen atoms in total. The maximum atomic E-state index is 12.9. The van der Waals surface area contributed by atoms with Crippen LogP contribution in [0.5, 0.6) is 0 Å². The summed E-state index contributed by atoms with van der Waals surface area (Å²) in [5, 5.41) is 10.1. The molecule has 1 aromatic rings. The second-order valence-corrected chi connectivity index (χ2v) is 7.63. The number of hydrogen-bond donors (Lipinski definition) is 1. The van der Waals surface area contributed by atoms with E-state index in [9.17, 15) is 14.7 Å². The zero-order chi connectivity index (χ0) is 18.1. The van der Waals surface area contributed by atoms with Crippen LogP contribution < -0.4 is 4.90 Å². The van der Waals surface area contributed by atoms with Crippen LogP contribution in [0.4, 0.5) is 5.69 Å². The Morgan fingerprint density at radius 1 is 1.16 bits per heavy atom. The summed E-state index contributed by atoms with van der Waals surface area (Å²) in [5.74, 6) is 0.218. The molecule has 0 aliphatic carbocycles. The summed E-state index contributed by atoms with van der Waals surface area (Å²) in [4.78, 5) is 28.8. The molecule has 2 saturated heterocycles. The molecule has 25 heavy (non-hydrogen) atoms. The van der Waals surface area contributed by atoms with Crippen molar-refractivity contribution >= 4 is 17.5 Å². The maximum absolute atomic E-state index is 12.9. The first-order valence-electron chi connectivity index (χ1n) is 9.21. The lowest BCUT2D eigenvalue weighted by molar-refractivity contribution is -0.140. The summed E-state index contributed by atoms with van der Waals surface area (Å²) in [5.41, 5.74) is 3.21. The van der Waals surface area contributed by atoms with Gasteiger partial charge in [0.2, 0.25) is 11.8 Å². The molecule has 0 radical (unpaired) electrons. The van der Waals surface area contributed by atoms with Crippen molar-refractivity contribution in [1.29, 1.82) is 0 Å². The number of carbonyl (C=O) groups is 2. The third-order valence-corrected chi connectivity index (χ3v) is 5.79. The number of β-amino-alcohol motifs (C(OH)–C–C–N with tert-alkyl or cyclic N) is 1. The topological polar surface area (TPSA) is 60.9 Å². The summed E-state index contributed by atoms with van der Waals surface area (Å²) in [6.45, 7) is 7.65. The molecule has 1 N–H and O–H groups in total. The molecule has 2 heterocycles. The second-order valence-electron chi connectivity index (χ2n) is 7.63. The highest BCUT2D eigenvalue weighted by Gasteiger charge is 2.36. The van der Waals surface area contributed by atoms with Gasteiger partial charge in [0.25, 0.3) is 0 Å². The Kier molecular flexibility index (Phi) is 5.13. The van der Waals surface area contributed by atoms with Gasteiger partial charge in [-0.05, 0) is 55.9 Å². The Labute approximate surface area is 149 Å². The van der Waals surface area contributed by atoms with Crippen molar-refractivity contribution in [3.8, 4) is 0 Å². The molecule has 0 saturated carbocycles. The van der Waals surface area contributed by atoms with Gasteiger partial charge >= 0.3 is 0 Å². The van der Waals surface area contributed by atoms with Crippen LogP contribution in [0.25, 0.3) is 0 Å². The first-order chi connectivity index (χ1) is 11.9. The highest BCUT2D eigenvalue weighted by atomic mass is 16.3. The number of anilines is 1. The van der Waals surface area contributed by atoms with Crippen molar-refractivity contribution in [2.75, 3.05) is 24.5 Å². The molecular formula is C20H28N2O3. The fraction of sp³-hybridized carbons (Fsp3) is 0.600. The van der Waals surface area contributed by atoms with Gasteiger partial charge in [0.1, 0.15) is 0 Å². The first kappa shape index (κ1) is 17.9. The van der Waals surface area contributed by atoms with Crippen molar-refractivity contribution in [1.82, 2.24) is 4.90 Å². The smallest absolute Gasteiger partial charge is 0.227 e. The molecule has 1 aromatic carbocycles. The average molecular weight is 344 g/mol. The number of carbonyl (C=O) groups excluding carboxylic acids is 2. The number of likely N-dealkylation sites (tertiary alicyclic amines) is 1. The fourth-order valence-corrected chi connectivity index (χ4v) is 3.70. The number of nitrogens with zero attached hydrogens (tertiary/aromatic N) is 2. The van der Waals surface area contributed by atoms with Crippen LogP contribution in [0, 0.1) is 25.7 Å². The number of amides is 2. The normalized spacial score (nSPS) is 27.5. The zero-order valence-corrected chi connectivity index (χ0v) is 15.4. The SMILES string of the molecule is Cc1ccc(N2CC(C(=O)N3CCC(C)C(O)C3)CCC2=O)cc1C. The number of aryl methyl sites for hydroxylation is 2. The highest BCUT2D eigenvalue weighted by Crippen LogP contribution is 2.28. The van der Waals surface area contributed by atoms with E-state index in [4.69, 9.17) is 0 Å². The quantitative estimate of drug-likeness (QED) is 0.895. The maximum Gasteiger partial charge on any atom is 0.227 e. The Morgan fingerprint density at radius 3 is 2.60 bits per heavy atom. The van der Waals surface area contributed by atoms with Gasteiger partial charge in [0.05, 0.1) is 12.0 Å². The summed E-state index contributed by atoms with van der Waals surface area (Å²) < 4.78 is 0. The van der Waals surface area contributed by atoms with Gasteiger partial charge < -0.3 is 14.9 Å². The van der Waals surface area contributed by atoms with Crippen molar-refractivity contribution in [3.63, 3.8) is 0 Å². The van der Waals surface area contributed by atoms with Crippen molar-refractivity contribution < 1.29 is 14.7 Å². The van der Waals surface area contributed by atoms with E-state index < -0.39 is 6.10 Å². The van der Waals surface area contributed by atoms with E-state index in [0.717, 1.165) is 17.7 Å². The van der Waals surface area contributed by atoms with Gasteiger partial charge in [0, 0.05) is 31.7 Å². The Balaban J connectivity index is 1.72. The number of rotatable bonds is 2. The highest BCUT2D eigenvalue weighted by molar-refractivity contribution is 5.96. The predicted molar refractivity (Wildman–Crippen MR) is 97.4 cm³/mol. The lowest BCUT2D eigenvalue weighted by Gasteiger charge is -2.39. The van der Waals surface area contributed by atoms with Gasteiger partial charge in [-0.15, -0.1) is 0 Å². The van der Waals surface area contributed by atoms with E-state index >= 15 is 0 Å². The lowest BCUT2D eigenvalue weighted by atomic mass is 9.91. The van der Waals surface area contributed by atoms with Crippen molar-refractivity contribution in [2.45, 2.75) is 46.1 Å². The number of piperidine rings is 2. The minimum atomic E-state index is -0.446. The van der Waals surface area contributed by atoms with E-state index in [0.29, 0.717) is 32.5 Å². The largest absolute Gasteiger partial charge is 0.391 e. The van der Waals surface area contributed by atoms with Crippen LogP contribution in [0.3, 0.4) is 0 Å². The predicted octanol–water partition coefficient (Wildman–Crippen LogP) is 2.28. The van der Waals surface area contributed by atoms with Crippen molar-refractivity contribution in [3.05, 3.63) is 29.3 Å². The molecule has 0 spiro atoms. The average Bonchev–Trinajstić information content (AvgIpc) is 2.60. The number of benzene rings is 1. The molecule has 2 fully saturated rings. The van der Waals surface area contributed by atoms with Gasteiger partial charge in [0.15, 0.2) is 0 Å². The van der Waals surface area contributed by atoms with Crippen LogP contribution in [-0.4, -0.2) is 47.6 Å². The van der Waals surface area contributed by atoms with Crippen LogP contribution in [0.2, 0.25) is 0 Å². The molecule has 0 aromatic heterocycles. The van der Waals surface area contributed by atoms with Crippen LogP contribution >= 0.6 is 0 Å². The van der Waals surface area contributed by atoms with Gasteiger partial charge in [-0.1, -0.05) is 13.0 Å². The number of hydrogen-bond acceptors (Lipinski definition) is 3. The molecule has 136 valence electrons. The van der Waals surface area contributed by atoms with E-state index in [1.165, 1.54) is 5.56 Å². The second kappa shape index (κ2) is 7.16. The molecule has 3 rings (SSSR count). The minimum Gasteiger partial charge on any atom is -0.391 e. The molecule has 5 heteroatoms. The molecule has 3 atom stereocenters. The number of aliphatic hydroxyl groups is 1. The van der Waals surface area contributed by atoms with Gasteiger partial charge in [-0.25, -0.2) is 0 Å². The van der Waals surface area contributed by atoms with E-state index in [2.05, 4.69) is 0 Å². The standard InChI is InChI=1S/C20H28N2O3/c1-13-4-6-17(10-15(13)3)22-11-16(5-7-19(22)24)20(25)21-9-8-14(2)18(23)12-21/h4,6,10,14,16,18,23H,5,7-9,11-12H2,1-3H3. The van der Waals surface area contributed by atoms with Crippen molar-refractivity contribution in [2.24, 2.45) is 11.8 Å².